The highest BCUT2D eigenvalue weighted by molar-refractivity contribution is 5.73. The van der Waals surface area contributed by atoms with Gasteiger partial charge in [-0.1, -0.05) is 24.3 Å². The molecule has 3 heterocycles. The molecule has 7 nitrogen and oxygen atoms in total. The van der Waals surface area contributed by atoms with Gasteiger partial charge in [0.15, 0.2) is 0 Å². The third-order valence-corrected chi connectivity index (χ3v) is 6.47. The third kappa shape index (κ3) is 5.35. The van der Waals surface area contributed by atoms with Crippen molar-refractivity contribution in [3.8, 4) is 0 Å². The molecular weight excluding hydrogens is 368 g/mol. The number of hydrogen-bond acceptors (Lipinski definition) is 6. The maximum Gasteiger partial charge on any atom is 0.219 e. The molecule has 1 N–H and O–H groups in total. The van der Waals surface area contributed by atoms with Crippen LogP contribution in [0.2, 0.25) is 0 Å². The highest BCUT2D eigenvalue weighted by atomic mass is 16.5. The van der Waals surface area contributed by atoms with Gasteiger partial charge in [0.05, 0.1) is 19.3 Å². The number of aliphatic hydroxyl groups excluding tert-OH is 1. The molecule has 4 rings (SSSR count). The molecule has 1 aromatic rings. The number of hydrogen-bond donors (Lipinski definition) is 1. The number of benzene rings is 1. The van der Waals surface area contributed by atoms with Crippen LogP contribution in [-0.2, 0) is 22.6 Å². The Labute approximate surface area is 173 Å². The van der Waals surface area contributed by atoms with Crippen LogP contribution in [0.15, 0.2) is 24.3 Å². The van der Waals surface area contributed by atoms with Crippen LogP contribution in [0.4, 0.5) is 0 Å². The fourth-order valence-corrected chi connectivity index (χ4v) is 4.81. The fourth-order valence-electron chi connectivity index (χ4n) is 4.81. The zero-order chi connectivity index (χ0) is 20.2. The molecule has 160 valence electrons. The Hall–Kier alpha value is -1.51. The van der Waals surface area contributed by atoms with Gasteiger partial charge in [0.2, 0.25) is 5.91 Å². The smallest absolute Gasteiger partial charge is 0.219 e. The van der Waals surface area contributed by atoms with Gasteiger partial charge < -0.3 is 14.7 Å². The van der Waals surface area contributed by atoms with Gasteiger partial charge in [-0.2, -0.15) is 0 Å². The lowest BCUT2D eigenvalue weighted by atomic mass is 10.1. The summed E-state index contributed by atoms with van der Waals surface area (Å²) in [7, 11) is 0. The molecule has 0 unspecified atom stereocenters. The number of carbonyl (C=O) groups is 1. The molecule has 1 amide bonds. The number of amides is 1. The van der Waals surface area contributed by atoms with E-state index >= 15 is 0 Å². The number of nitrogens with zero attached hydrogens (tertiary/aromatic N) is 4. The molecule has 0 bridgehead atoms. The van der Waals surface area contributed by atoms with Crippen LogP contribution in [0.1, 0.15) is 18.1 Å². The molecule has 0 aliphatic carbocycles. The largest absolute Gasteiger partial charge is 0.390 e. The van der Waals surface area contributed by atoms with Crippen molar-refractivity contribution in [1.82, 2.24) is 19.6 Å². The quantitative estimate of drug-likeness (QED) is 0.761. The average Bonchev–Trinajstić information content (AvgIpc) is 3.09. The first-order valence-electron chi connectivity index (χ1n) is 10.9. The van der Waals surface area contributed by atoms with E-state index in [0.717, 1.165) is 72.1 Å². The van der Waals surface area contributed by atoms with Crippen LogP contribution in [0.25, 0.3) is 0 Å². The first kappa shape index (κ1) is 20.8. The van der Waals surface area contributed by atoms with Crippen LogP contribution in [-0.4, -0.2) is 108 Å². The Balaban J connectivity index is 1.30. The fraction of sp³-hybridized carbons (Fsp3) is 0.682. The number of likely N-dealkylation sites (tertiary alicyclic amines) is 1. The first-order chi connectivity index (χ1) is 14.1. The molecule has 1 aromatic carbocycles. The number of rotatable bonds is 5. The summed E-state index contributed by atoms with van der Waals surface area (Å²) in [6.45, 7) is 12.0. The Morgan fingerprint density at radius 3 is 2.31 bits per heavy atom. The summed E-state index contributed by atoms with van der Waals surface area (Å²) in [4.78, 5) is 20.6. The number of morpholine rings is 1. The van der Waals surface area contributed by atoms with Gasteiger partial charge >= 0.3 is 0 Å². The van der Waals surface area contributed by atoms with Crippen LogP contribution >= 0.6 is 0 Å². The highest BCUT2D eigenvalue weighted by Crippen LogP contribution is 2.21. The molecule has 29 heavy (non-hydrogen) atoms. The summed E-state index contributed by atoms with van der Waals surface area (Å²) in [5.74, 6) is 0.148. The van der Waals surface area contributed by atoms with Crippen molar-refractivity contribution in [3.63, 3.8) is 0 Å². The average molecular weight is 403 g/mol. The second kappa shape index (κ2) is 9.53. The molecule has 3 aliphatic rings. The summed E-state index contributed by atoms with van der Waals surface area (Å²) in [5.41, 5.74) is 2.66. The topological polar surface area (TPSA) is 59.5 Å². The molecule has 0 aromatic heterocycles. The van der Waals surface area contributed by atoms with Gasteiger partial charge in [-0.3, -0.25) is 19.5 Å². The Bertz CT molecular complexity index is 686. The van der Waals surface area contributed by atoms with Gasteiger partial charge in [-0.25, -0.2) is 0 Å². The molecule has 0 saturated carbocycles. The summed E-state index contributed by atoms with van der Waals surface area (Å²) in [6.07, 6.45) is -0.324. The molecular formula is C22H34N4O3. The lowest BCUT2D eigenvalue weighted by molar-refractivity contribution is -0.131. The summed E-state index contributed by atoms with van der Waals surface area (Å²) in [6, 6.07) is 9.01. The van der Waals surface area contributed by atoms with E-state index in [9.17, 15) is 9.90 Å². The number of ether oxygens (including phenoxy) is 1. The maximum absolute atomic E-state index is 11.5. The molecule has 0 spiro atoms. The molecule has 2 atom stereocenters. The van der Waals surface area contributed by atoms with E-state index in [1.807, 2.05) is 4.90 Å². The van der Waals surface area contributed by atoms with E-state index in [-0.39, 0.29) is 18.1 Å². The summed E-state index contributed by atoms with van der Waals surface area (Å²) in [5, 5.41) is 10.7. The Morgan fingerprint density at radius 1 is 1.00 bits per heavy atom. The van der Waals surface area contributed by atoms with Crippen LogP contribution < -0.4 is 0 Å². The van der Waals surface area contributed by atoms with E-state index in [1.54, 1.807) is 6.92 Å². The minimum absolute atomic E-state index is 0.148. The van der Waals surface area contributed by atoms with E-state index in [2.05, 4.69) is 39.0 Å². The van der Waals surface area contributed by atoms with Crippen LogP contribution in [0.3, 0.4) is 0 Å². The summed E-state index contributed by atoms with van der Waals surface area (Å²) < 4.78 is 5.44. The Morgan fingerprint density at radius 2 is 1.66 bits per heavy atom. The maximum atomic E-state index is 11.5. The minimum Gasteiger partial charge on any atom is -0.390 e. The first-order valence-corrected chi connectivity index (χ1v) is 10.9. The highest BCUT2D eigenvalue weighted by Gasteiger charge is 2.36. The number of carbonyl (C=O) groups excluding carboxylic acids is 1. The predicted molar refractivity (Wildman–Crippen MR) is 111 cm³/mol. The standard InChI is InChI=1S/C22H34N4O3/c1-18(27)25-5-7-26(8-6-25)21-16-24(17-22(21)28)15-20-4-2-3-19(13-20)14-23-9-11-29-12-10-23/h2-4,13,21-22,28H,5-12,14-17H2,1H3/t21-,22-/m0/s1. The second-order valence-electron chi connectivity index (χ2n) is 8.58. The molecule has 3 fully saturated rings. The number of β-amino-alcohol motifs (C(OH)–C–C–N with tert-alkyl or cyclic N) is 1. The predicted octanol–water partition coefficient (Wildman–Crippen LogP) is 0.228. The second-order valence-corrected chi connectivity index (χ2v) is 8.58. The van der Waals surface area contributed by atoms with Gasteiger partial charge in [0.1, 0.15) is 0 Å². The van der Waals surface area contributed by atoms with Crippen molar-refractivity contribution in [1.29, 1.82) is 0 Å². The SMILES string of the molecule is CC(=O)N1CCN([C@H]2CN(Cc3cccc(CN4CCOCC4)c3)C[C@@H]2O)CC1. The third-order valence-electron chi connectivity index (χ3n) is 6.47. The lowest BCUT2D eigenvalue weighted by Gasteiger charge is -2.38. The normalized spacial score (nSPS) is 27.4. The van der Waals surface area contributed by atoms with Gasteiger partial charge in [0.25, 0.3) is 0 Å². The zero-order valence-corrected chi connectivity index (χ0v) is 17.5. The van der Waals surface area contributed by atoms with E-state index in [1.165, 1.54) is 11.1 Å². The molecule has 0 radical (unpaired) electrons. The van der Waals surface area contributed by atoms with Crippen molar-refractivity contribution in [3.05, 3.63) is 35.4 Å². The van der Waals surface area contributed by atoms with Gasteiger partial charge in [-0.15, -0.1) is 0 Å². The lowest BCUT2D eigenvalue weighted by Crippen LogP contribution is -2.54. The monoisotopic (exact) mass is 402 g/mol. The van der Waals surface area contributed by atoms with Crippen LogP contribution in [0, 0.1) is 0 Å². The van der Waals surface area contributed by atoms with Gasteiger partial charge in [-0.05, 0) is 11.1 Å². The number of piperazine rings is 1. The Kier molecular flexibility index (Phi) is 6.82. The van der Waals surface area contributed by atoms with Crippen molar-refractivity contribution < 1.29 is 14.6 Å². The van der Waals surface area contributed by atoms with Crippen molar-refractivity contribution in [2.75, 3.05) is 65.6 Å². The molecule has 7 heteroatoms. The van der Waals surface area contributed by atoms with E-state index in [4.69, 9.17) is 4.74 Å². The molecule has 3 aliphatic heterocycles. The van der Waals surface area contributed by atoms with Crippen molar-refractivity contribution in [2.45, 2.75) is 32.2 Å². The van der Waals surface area contributed by atoms with Gasteiger partial charge in [0, 0.05) is 78.4 Å². The van der Waals surface area contributed by atoms with Crippen molar-refractivity contribution in [2.24, 2.45) is 0 Å². The number of aliphatic hydroxyl groups is 1. The van der Waals surface area contributed by atoms with E-state index < -0.39 is 0 Å². The molecule has 3 saturated heterocycles. The van der Waals surface area contributed by atoms with Crippen LogP contribution in [0.5, 0.6) is 0 Å². The minimum atomic E-state index is -0.324. The zero-order valence-electron chi connectivity index (χ0n) is 17.5. The van der Waals surface area contributed by atoms with Crippen molar-refractivity contribution >= 4 is 5.91 Å². The van der Waals surface area contributed by atoms with E-state index in [0.29, 0.717) is 6.54 Å². The summed E-state index contributed by atoms with van der Waals surface area (Å²) >= 11 is 0.